The summed E-state index contributed by atoms with van der Waals surface area (Å²) in [5.41, 5.74) is 0.951. The van der Waals surface area contributed by atoms with Crippen LogP contribution in [0.4, 0.5) is 0 Å². The quantitative estimate of drug-likeness (QED) is 0.855. The predicted molar refractivity (Wildman–Crippen MR) is 70.1 cm³/mol. The van der Waals surface area contributed by atoms with Gasteiger partial charge in [0.15, 0.2) is 0 Å². The number of aromatic nitrogens is 2. The van der Waals surface area contributed by atoms with Crippen molar-refractivity contribution in [3.8, 4) is 0 Å². The maximum atomic E-state index is 12.3. The Hall–Kier alpha value is -1.85. The van der Waals surface area contributed by atoms with Crippen LogP contribution in [0, 0.1) is 5.92 Å². The fourth-order valence-corrected chi connectivity index (χ4v) is 2.20. The van der Waals surface area contributed by atoms with E-state index in [1.54, 1.807) is 11.1 Å². The molecule has 1 atom stereocenters. The summed E-state index contributed by atoms with van der Waals surface area (Å²) in [5, 5.41) is 6.92. The SMILES string of the molecule is CCn1cc(CN2CC(=O)NC(C(C)C)C2=O)cn1. The van der Waals surface area contributed by atoms with E-state index in [9.17, 15) is 9.59 Å². The number of hydrogen-bond donors (Lipinski definition) is 1. The summed E-state index contributed by atoms with van der Waals surface area (Å²) in [7, 11) is 0. The van der Waals surface area contributed by atoms with Gasteiger partial charge < -0.3 is 10.2 Å². The van der Waals surface area contributed by atoms with Crippen LogP contribution in [0.15, 0.2) is 12.4 Å². The molecule has 1 aromatic rings. The average molecular weight is 264 g/mol. The summed E-state index contributed by atoms with van der Waals surface area (Å²) < 4.78 is 1.81. The van der Waals surface area contributed by atoms with Crippen LogP contribution in [0.1, 0.15) is 26.3 Å². The van der Waals surface area contributed by atoms with Crippen LogP contribution in [0.5, 0.6) is 0 Å². The predicted octanol–water partition coefficient (Wildman–Crippen LogP) is 0.386. The Morgan fingerprint density at radius 2 is 2.21 bits per heavy atom. The van der Waals surface area contributed by atoms with Crippen LogP contribution < -0.4 is 5.32 Å². The van der Waals surface area contributed by atoms with Crippen molar-refractivity contribution in [2.24, 2.45) is 5.92 Å². The first kappa shape index (κ1) is 13.6. The zero-order chi connectivity index (χ0) is 14.0. The first-order valence-electron chi connectivity index (χ1n) is 6.60. The van der Waals surface area contributed by atoms with Crippen LogP contribution in [-0.2, 0) is 22.7 Å². The fraction of sp³-hybridized carbons (Fsp3) is 0.615. The molecule has 1 unspecified atom stereocenters. The molecule has 1 aliphatic rings. The number of piperazine rings is 1. The molecule has 1 fully saturated rings. The first-order valence-corrected chi connectivity index (χ1v) is 6.60. The third-order valence-corrected chi connectivity index (χ3v) is 3.28. The van der Waals surface area contributed by atoms with Gasteiger partial charge in [0, 0.05) is 24.8 Å². The molecule has 0 aromatic carbocycles. The molecule has 1 saturated heterocycles. The van der Waals surface area contributed by atoms with Crippen molar-refractivity contribution < 1.29 is 9.59 Å². The highest BCUT2D eigenvalue weighted by Gasteiger charge is 2.34. The molecule has 19 heavy (non-hydrogen) atoms. The van der Waals surface area contributed by atoms with Gasteiger partial charge in [-0.15, -0.1) is 0 Å². The molecule has 2 rings (SSSR count). The zero-order valence-electron chi connectivity index (χ0n) is 11.6. The van der Waals surface area contributed by atoms with E-state index in [1.165, 1.54) is 0 Å². The van der Waals surface area contributed by atoms with E-state index in [1.807, 2.05) is 31.6 Å². The second-order valence-corrected chi connectivity index (χ2v) is 5.19. The van der Waals surface area contributed by atoms with Gasteiger partial charge in [0.2, 0.25) is 11.8 Å². The molecule has 1 aliphatic heterocycles. The number of amides is 2. The lowest BCUT2D eigenvalue weighted by atomic mass is 10.0. The summed E-state index contributed by atoms with van der Waals surface area (Å²) in [6.07, 6.45) is 3.65. The monoisotopic (exact) mass is 264 g/mol. The van der Waals surface area contributed by atoms with E-state index >= 15 is 0 Å². The van der Waals surface area contributed by atoms with Crippen molar-refractivity contribution >= 4 is 11.8 Å². The van der Waals surface area contributed by atoms with Crippen LogP contribution in [0.25, 0.3) is 0 Å². The van der Waals surface area contributed by atoms with E-state index in [-0.39, 0.29) is 24.3 Å². The smallest absolute Gasteiger partial charge is 0.246 e. The highest BCUT2D eigenvalue weighted by atomic mass is 16.2. The molecule has 0 saturated carbocycles. The van der Waals surface area contributed by atoms with Crippen molar-refractivity contribution in [1.29, 1.82) is 0 Å². The van der Waals surface area contributed by atoms with Gasteiger partial charge in [-0.25, -0.2) is 0 Å². The van der Waals surface area contributed by atoms with Crippen LogP contribution >= 0.6 is 0 Å². The number of nitrogens with zero attached hydrogens (tertiary/aromatic N) is 3. The minimum Gasteiger partial charge on any atom is -0.343 e. The first-order chi connectivity index (χ1) is 9.01. The minimum absolute atomic E-state index is 0.0150. The third kappa shape index (κ3) is 2.94. The van der Waals surface area contributed by atoms with Crippen LogP contribution in [0.2, 0.25) is 0 Å². The Balaban J connectivity index is 2.09. The number of hydrogen-bond acceptors (Lipinski definition) is 3. The Morgan fingerprint density at radius 1 is 1.47 bits per heavy atom. The van der Waals surface area contributed by atoms with Gasteiger partial charge in [-0.05, 0) is 12.8 Å². The van der Waals surface area contributed by atoms with E-state index < -0.39 is 6.04 Å². The largest absolute Gasteiger partial charge is 0.343 e. The van der Waals surface area contributed by atoms with Crippen molar-refractivity contribution in [1.82, 2.24) is 20.0 Å². The van der Waals surface area contributed by atoms with E-state index in [2.05, 4.69) is 10.4 Å². The number of carbonyl (C=O) groups is 2. The van der Waals surface area contributed by atoms with E-state index in [4.69, 9.17) is 0 Å². The molecule has 0 aliphatic carbocycles. The van der Waals surface area contributed by atoms with Gasteiger partial charge in [-0.1, -0.05) is 13.8 Å². The van der Waals surface area contributed by atoms with Gasteiger partial charge >= 0.3 is 0 Å². The van der Waals surface area contributed by atoms with E-state index in [0.29, 0.717) is 6.54 Å². The third-order valence-electron chi connectivity index (χ3n) is 3.28. The Morgan fingerprint density at radius 3 is 2.79 bits per heavy atom. The summed E-state index contributed by atoms with van der Waals surface area (Å²) >= 11 is 0. The van der Waals surface area contributed by atoms with Crippen molar-refractivity contribution in [3.05, 3.63) is 18.0 Å². The fourth-order valence-electron chi connectivity index (χ4n) is 2.20. The Bertz CT molecular complexity index is 481. The highest BCUT2D eigenvalue weighted by Crippen LogP contribution is 2.13. The standard InChI is InChI=1S/C13H20N4O2/c1-4-17-7-10(5-14-17)6-16-8-11(18)15-12(9(2)3)13(16)19/h5,7,9,12H,4,6,8H2,1-3H3,(H,15,18). The summed E-state index contributed by atoms with van der Waals surface area (Å²) in [4.78, 5) is 25.5. The van der Waals surface area contributed by atoms with Crippen molar-refractivity contribution in [2.45, 2.75) is 39.9 Å². The molecule has 6 nitrogen and oxygen atoms in total. The molecular formula is C13H20N4O2. The van der Waals surface area contributed by atoms with Crippen LogP contribution in [0.3, 0.4) is 0 Å². The number of nitrogens with one attached hydrogen (secondary N) is 1. The molecule has 1 aromatic heterocycles. The number of aryl methyl sites for hydroxylation is 1. The molecule has 104 valence electrons. The van der Waals surface area contributed by atoms with Gasteiger partial charge in [0.1, 0.15) is 6.04 Å². The van der Waals surface area contributed by atoms with E-state index in [0.717, 1.165) is 12.1 Å². The molecule has 0 radical (unpaired) electrons. The maximum Gasteiger partial charge on any atom is 0.246 e. The summed E-state index contributed by atoms with van der Waals surface area (Å²) in [6.45, 7) is 7.23. The minimum atomic E-state index is -0.414. The lowest BCUT2D eigenvalue weighted by Crippen LogP contribution is -2.59. The van der Waals surface area contributed by atoms with Gasteiger partial charge in [0.05, 0.1) is 12.7 Å². The molecule has 2 heterocycles. The van der Waals surface area contributed by atoms with Crippen molar-refractivity contribution in [2.75, 3.05) is 6.54 Å². The number of carbonyl (C=O) groups excluding carboxylic acids is 2. The van der Waals surface area contributed by atoms with Gasteiger partial charge in [-0.2, -0.15) is 5.10 Å². The molecule has 0 spiro atoms. The Kier molecular flexibility index (Phi) is 3.87. The highest BCUT2D eigenvalue weighted by molar-refractivity contribution is 5.94. The molecular weight excluding hydrogens is 244 g/mol. The zero-order valence-corrected chi connectivity index (χ0v) is 11.6. The average Bonchev–Trinajstić information content (AvgIpc) is 2.80. The second kappa shape index (κ2) is 5.42. The normalized spacial score (nSPS) is 20.0. The maximum absolute atomic E-state index is 12.3. The second-order valence-electron chi connectivity index (χ2n) is 5.19. The molecule has 1 N–H and O–H groups in total. The van der Waals surface area contributed by atoms with Crippen LogP contribution in [-0.4, -0.2) is 39.1 Å². The molecule has 6 heteroatoms. The van der Waals surface area contributed by atoms with Gasteiger partial charge in [-0.3, -0.25) is 14.3 Å². The van der Waals surface area contributed by atoms with Gasteiger partial charge in [0.25, 0.3) is 0 Å². The number of rotatable bonds is 4. The summed E-state index contributed by atoms with van der Waals surface area (Å²) in [5.74, 6) is -0.0161. The molecule has 0 bridgehead atoms. The Labute approximate surface area is 112 Å². The lowest BCUT2D eigenvalue weighted by Gasteiger charge is -2.34. The lowest BCUT2D eigenvalue weighted by molar-refractivity contribution is -0.146. The topological polar surface area (TPSA) is 67.2 Å². The van der Waals surface area contributed by atoms with Crippen molar-refractivity contribution in [3.63, 3.8) is 0 Å². The molecule has 2 amide bonds. The summed E-state index contributed by atoms with van der Waals surface area (Å²) in [6, 6.07) is -0.414.